The summed E-state index contributed by atoms with van der Waals surface area (Å²) in [4.78, 5) is 12.8. The van der Waals surface area contributed by atoms with Crippen LogP contribution in [-0.4, -0.2) is 37.0 Å². The van der Waals surface area contributed by atoms with E-state index < -0.39 is 0 Å². The molecule has 3 nitrogen and oxygen atoms in total. The number of carbonyl (C=O) groups is 1. The van der Waals surface area contributed by atoms with E-state index in [9.17, 15) is 4.79 Å². The maximum absolute atomic E-state index is 11.0. The Balaban J connectivity index is 2.33. The zero-order chi connectivity index (χ0) is 8.27. The van der Waals surface area contributed by atoms with Gasteiger partial charge in [0.1, 0.15) is 0 Å². The fourth-order valence-electron chi connectivity index (χ4n) is 1.41. The highest BCUT2D eigenvalue weighted by Gasteiger charge is 2.20. The normalized spacial score (nSPS) is 25.8. The number of nitrogens with one attached hydrogen (secondary N) is 1. The summed E-state index contributed by atoms with van der Waals surface area (Å²) in [7, 11) is 1.87. The monoisotopic (exact) mass is 156 g/mol. The van der Waals surface area contributed by atoms with Crippen molar-refractivity contribution >= 4 is 5.91 Å². The number of amides is 1. The minimum atomic E-state index is 0.206. The number of likely N-dealkylation sites (N-methyl/N-ethyl adjacent to an activating group) is 1. The van der Waals surface area contributed by atoms with Gasteiger partial charge in [-0.05, 0) is 6.42 Å². The molecular formula is C8H16N2O. The smallest absolute Gasteiger partial charge is 0.236 e. The summed E-state index contributed by atoms with van der Waals surface area (Å²) >= 11 is 0. The summed E-state index contributed by atoms with van der Waals surface area (Å²) in [5.74, 6) is 0.206. The Hall–Kier alpha value is -0.570. The molecule has 1 aliphatic rings. The van der Waals surface area contributed by atoms with Crippen LogP contribution in [0.4, 0.5) is 0 Å². The van der Waals surface area contributed by atoms with Gasteiger partial charge in [0.15, 0.2) is 0 Å². The number of rotatable bonds is 2. The summed E-state index contributed by atoms with van der Waals surface area (Å²) < 4.78 is 0. The molecule has 1 saturated heterocycles. The largest absolute Gasteiger partial charge is 0.343 e. The van der Waals surface area contributed by atoms with Crippen LogP contribution in [0.1, 0.15) is 19.8 Å². The molecule has 1 unspecified atom stereocenters. The summed E-state index contributed by atoms with van der Waals surface area (Å²) in [6.07, 6.45) is 2.34. The molecule has 0 aliphatic carbocycles. The van der Waals surface area contributed by atoms with E-state index in [0.29, 0.717) is 12.6 Å². The Labute approximate surface area is 67.8 Å². The Morgan fingerprint density at radius 2 is 2.45 bits per heavy atom. The van der Waals surface area contributed by atoms with Crippen molar-refractivity contribution < 1.29 is 4.79 Å². The molecule has 0 aromatic rings. The van der Waals surface area contributed by atoms with Crippen molar-refractivity contribution in [1.82, 2.24) is 10.2 Å². The summed E-state index contributed by atoms with van der Waals surface area (Å²) in [5.41, 5.74) is 0. The average molecular weight is 156 g/mol. The summed E-state index contributed by atoms with van der Waals surface area (Å²) in [6.45, 7) is 3.55. The fraction of sp³-hybridized carbons (Fsp3) is 0.875. The molecule has 3 heteroatoms. The predicted octanol–water partition coefficient (Wildman–Crippen LogP) is 0.217. The van der Waals surface area contributed by atoms with Crippen molar-refractivity contribution in [3.8, 4) is 0 Å². The average Bonchev–Trinajstić information content (AvgIpc) is 1.98. The summed E-state index contributed by atoms with van der Waals surface area (Å²) in [6, 6.07) is 0.516. The van der Waals surface area contributed by atoms with E-state index >= 15 is 0 Å². The SMILES string of the molecule is CCCC1CN(C)C(=O)CN1. The van der Waals surface area contributed by atoms with E-state index in [4.69, 9.17) is 0 Å². The molecule has 64 valence electrons. The van der Waals surface area contributed by atoms with Crippen molar-refractivity contribution in [3.63, 3.8) is 0 Å². The van der Waals surface area contributed by atoms with Gasteiger partial charge in [-0.2, -0.15) is 0 Å². The Kier molecular flexibility index (Phi) is 2.88. The number of carbonyl (C=O) groups excluding carboxylic acids is 1. The number of piperazine rings is 1. The topological polar surface area (TPSA) is 32.3 Å². The van der Waals surface area contributed by atoms with Gasteiger partial charge in [-0.3, -0.25) is 4.79 Å². The van der Waals surface area contributed by atoms with Crippen LogP contribution in [0.5, 0.6) is 0 Å². The standard InChI is InChI=1S/C8H16N2O/c1-3-4-7-6-10(2)8(11)5-9-7/h7,9H,3-6H2,1-2H3. The summed E-state index contributed by atoms with van der Waals surface area (Å²) in [5, 5.41) is 3.21. The van der Waals surface area contributed by atoms with E-state index in [2.05, 4.69) is 12.2 Å². The van der Waals surface area contributed by atoms with Gasteiger partial charge in [0.05, 0.1) is 6.54 Å². The molecule has 0 radical (unpaired) electrons. The van der Waals surface area contributed by atoms with Gasteiger partial charge in [-0.15, -0.1) is 0 Å². The van der Waals surface area contributed by atoms with E-state index in [-0.39, 0.29) is 5.91 Å². The third kappa shape index (κ3) is 2.19. The fourth-order valence-corrected chi connectivity index (χ4v) is 1.41. The van der Waals surface area contributed by atoms with Crippen LogP contribution < -0.4 is 5.32 Å². The highest BCUT2D eigenvalue weighted by atomic mass is 16.2. The first kappa shape index (κ1) is 8.53. The maximum atomic E-state index is 11.0. The zero-order valence-electron chi connectivity index (χ0n) is 7.26. The van der Waals surface area contributed by atoms with Crippen LogP contribution >= 0.6 is 0 Å². The first-order chi connectivity index (χ1) is 5.24. The third-order valence-electron chi connectivity index (χ3n) is 2.10. The lowest BCUT2D eigenvalue weighted by molar-refractivity contribution is -0.131. The molecule has 0 bridgehead atoms. The second-order valence-electron chi connectivity index (χ2n) is 3.14. The van der Waals surface area contributed by atoms with Gasteiger partial charge in [0.25, 0.3) is 0 Å². The van der Waals surface area contributed by atoms with Crippen LogP contribution in [0.2, 0.25) is 0 Å². The van der Waals surface area contributed by atoms with Crippen LogP contribution in [0.15, 0.2) is 0 Å². The van der Waals surface area contributed by atoms with Crippen molar-refractivity contribution in [2.24, 2.45) is 0 Å². The molecule has 0 saturated carbocycles. The lowest BCUT2D eigenvalue weighted by Crippen LogP contribution is -2.52. The molecule has 1 N–H and O–H groups in total. The molecule has 1 amide bonds. The lowest BCUT2D eigenvalue weighted by Gasteiger charge is -2.30. The predicted molar refractivity (Wildman–Crippen MR) is 44.3 cm³/mol. The molecule has 0 aromatic heterocycles. The number of nitrogens with zero attached hydrogens (tertiary/aromatic N) is 1. The highest BCUT2D eigenvalue weighted by Crippen LogP contribution is 2.03. The third-order valence-corrected chi connectivity index (χ3v) is 2.10. The zero-order valence-corrected chi connectivity index (χ0v) is 7.26. The van der Waals surface area contributed by atoms with Gasteiger partial charge in [-0.25, -0.2) is 0 Å². The molecule has 11 heavy (non-hydrogen) atoms. The van der Waals surface area contributed by atoms with Gasteiger partial charge in [0.2, 0.25) is 5.91 Å². The van der Waals surface area contributed by atoms with Crippen molar-refractivity contribution in [2.75, 3.05) is 20.1 Å². The highest BCUT2D eigenvalue weighted by molar-refractivity contribution is 5.78. The number of hydrogen-bond acceptors (Lipinski definition) is 2. The van der Waals surface area contributed by atoms with Crippen LogP contribution in [0.25, 0.3) is 0 Å². The van der Waals surface area contributed by atoms with E-state index in [1.165, 1.54) is 6.42 Å². The molecular weight excluding hydrogens is 140 g/mol. The van der Waals surface area contributed by atoms with Gasteiger partial charge in [0, 0.05) is 19.6 Å². The van der Waals surface area contributed by atoms with Gasteiger partial charge < -0.3 is 10.2 Å². The van der Waals surface area contributed by atoms with Crippen molar-refractivity contribution in [3.05, 3.63) is 0 Å². The minimum absolute atomic E-state index is 0.206. The Bertz CT molecular complexity index is 147. The molecule has 1 heterocycles. The Morgan fingerprint density at radius 3 is 3.00 bits per heavy atom. The van der Waals surface area contributed by atoms with E-state index in [0.717, 1.165) is 13.0 Å². The number of hydrogen-bond donors (Lipinski definition) is 1. The maximum Gasteiger partial charge on any atom is 0.236 e. The van der Waals surface area contributed by atoms with Crippen molar-refractivity contribution in [2.45, 2.75) is 25.8 Å². The van der Waals surface area contributed by atoms with Crippen LogP contribution in [-0.2, 0) is 4.79 Å². The van der Waals surface area contributed by atoms with Crippen LogP contribution in [0, 0.1) is 0 Å². The quantitative estimate of drug-likeness (QED) is 0.620. The molecule has 1 fully saturated rings. The molecule has 0 spiro atoms. The van der Waals surface area contributed by atoms with Gasteiger partial charge in [-0.1, -0.05) is 13.3 Å². The molecule has 1 rings (SSSR count). The second-order valence-corrected chi connectivity index (χ2v) is 3.14. The van der Waals surface area contributed by atoms with E-state index in [1.807, 2.05) is 7.05 Å². The molecule has 0 aromatic carbocycles. The lowest BCUT2D eigenvalue weighted by atomic mass is 10.1. The first-order valence-corrected chi connectivity index (χ1v) is 4.21. The Morgan fingerprint density at radius 1 is 1.73 bits per heavy atom. The van der Waals surface area contributed by atoms with E-state index in [1.54, 1.807) is 4.90 Å². The van der Waals surface area contributed by atoms with Crippen LogP contribution in [0.3, 0.4) is 0 Å². The molecule has 1 atom stereocenters. The van der Waals surface area contributed by atoms with Crippen molar-refractivity contribution in [1.29, 1.82) is 0 Å². The first-order valence-electron chi connectivity index (χ1n) is 4.21. The molecule has 1 aliphatic heterocycles. The van der Waals surface area contributed by atoms with Gasteiger partial charge >= 0.3 is 0 Å². The minimum Gasteiger partial charge on any atom is -0.343 e. The second kappa shape index (κ2) is 3.72.